The highest BCUT2D eigenvalue weighted by atomic mass is 19.1. The number of aromatic carboxylic acids is 1. The lowest BCUT2D eigenvalue weighted by Crippen LogP contribution is -2.33. The monoisotopic (exact) mass is 389 g/mol. The van der Waals surface area contributed by atoms with Crippen molar-refractivity contribution < 1.29 is 33.3 Å². The van der Waals surface area contributed by atoms with Gasteiger partial charge in [-0.2, -0.15) is 5.10 Å². The van der Waals surface area contributed by atoms with Crippen LogP contribution >= 0.6 is 0 Å². The van der Waals surface area contributed by atoms with Gasteiger partial charge in [0.15, 0.2) is 17.6 Å². The van der Waals surface area contributed by atoms with Crippen molar-refractivity contribution in [3.63, 3.8) is 0 Å². The quantitative estimate of drug-likeness (QED) is 0.535. The topological polar surface area (TPSA) is 109 Å². The summed E-state index contributed by atoms with van der Waals surface area (Å²) in [5.41, 5.74) is 2.12. The number of rotatable bonds is 8. The number of methoxy groups -OCH3 is 2. The van der Waals surface area contributed by atoms with Crippen molar-refractivity contribution in [2.45, 2.75) is 13.0 Å². The van der Waals surface area contributed by atoms with E-state index in [1.165, 1.54) is 57.5 Å². The Morgan fingerprint density at radius 3 is 2.39 bits per heavy atom. The van der Waals surface area contributed by atoms with Gasteiger partial charge in [0.25, 0.3) is 5.91 Å². The highest BCUT2D eigenvalue weighted by Crippen LogP contribution is 2.32. The standard InChI is InChI=1S/C19H19FN2O6/c1-11(28-14-7-5-13(20)6-8-14)18(23)22-21-10-12-4-9-15(26-2)17(27-3)16(12)19(24)25/h4-11H,1-3H3,(H,22,23)(H,24,25)/p-1/b21-10-/t11-/m0/s1. The minimum absolute atomic E-state index is 0.0224. The Morgan fingerprint density at radius 1 is 1.14 bits per heavy atom. The predicted molar refractivity (Wildman–Crippen MR) is 96.1 cm³/mol. The van der Waals surface area contributed by atoms with Gasteiger partial charge in [-0.3, -0.25) is 4.79 Å². The number of benzene rings is 2. The van der Waals surface area contributed by atoms with Gasteiger partial charge in [0.2, 0.25) is 0 Å². The van der Waals surface area contributed by atoms with Gasteiger partial charge in [-0.05, 0) is 43.3 Å². The fourth-order valence-corrected chi connectivity index (χ4v) is 2.29. The molecule has 0 bridgehead atoms. The molecular formula is C19H18FN2O6-. The summed E-state index contributed by atoms with van der Waals surface area (Å²) in [7, 11) is 2.66. The minimum Gasteiger partial charge on any atom is -0.545 e. The van der Waals surface area contributed by atoms with Gasteiger partial charge in [0, 0.05) is 5.56 Å². The van der Waals surface area contributed by atoms with Gasteiger partial charge < -0.3 is 24.1 Å². The summed E-state index contributed by atoms with van der Waals surface area (Å²) in [4.78, 5) is 23.5. The number of nitrogens with one attached hydrogen (secondary N) is 1. The van der Waals surface area contributed by atoms with Crippen molar-refractivity contribution in [1.82, 2.24) is 5.43 Å². The fraction of sp³-hybridized carbons (Fsp3) is 0.211. The van der Waals surface area contributed by atoms with E-state index >= 15 is 0 Å². The number of ether oxygens (including phenoxy) is 3. The van der Waals surface area contributed by atoms with Crippen LogP contribution in [0.3, 0.4) is 0 Å². The van der Waals surface area contributed by atoms with Gasteiger partial charge in [-0.1, -0.05) is 0 Å². The van der Waals surface area contributed by atoms with Crippen LogP contribution in [-0.4, -0.2) is 38.4 Å². The van der Waals surface area contributed by atoms with E-state index in [-0.39, 0.29) is 22.6 Å². The molecule has 8 nitrogen and oxygen atoms in total. The number of amides is 1. The zero-order valence-corrected chi connectivity index (χ0v) is 15.4. The first-order chi connectivity index (χ1) is 13.4. The molecule has 148 valence electrons. The Bertz CT molecular complexity index is 883. The first-order valence-corrected chi connectivity index (χ1v) is 8.08. The number of hydrogen-bond donors (Lipinski definition) is 1. The normalized spacial score (nSPS) is 11.7. The molecule has 0 aliphatic heterocycles. The third kappa shape index (κ3) is 4.97. The summed E-state index contributed by atoms with van der Waals surface area (Å²) in [5, 5.41) is 15.2. The van der Waals surface area contributed by atoms with E-state index in [2.05, 4.69) is 10.5 Å². The maximum atomic E-state index is 12.9. The summed E-state index contributed by atoms with van der Waals surface area (Å²) in [5.74, 6) is -2.00. The highest BCUT2D eigenvalue weighted by Gasteiger charge is 2.16. The number of carboxylic acid groups (broad SMARTS) is 1. The molecule has 0 spiro atoms. The number of carbonyl (C=O) groups is 2. The minimum atomic E-state index is -1.49. The Balaban J connectivity index is 2.10. The molecule has 1 N–H and O–H groups in total. The van der Waals surface area contributed by atoms with Gasteiger partial charge in [-0.25, -0.2) is 9.82 Å². The maximum absolute atomic E-state index is 12.9. The zero-order valence-electron chi connectivity index (χ0n) is 15.4. The van der Waals surface area contributed by atoms with Crippen molar-refractivity contribution in [1.29, 1.82) is 0 Å². The number of hydrogen-bond acceptors (Lipinski definition) is 7. The van der Waals surface area contributed by atoms with Crippen molar-refractivity contribution >= 4 is 18.1 Å². The second kappa shape index (κ2) is 9.36. The van der Waals surface area contributed by atoms with Gasteiger partial charge >= 0.3 is 0 Å². The number of nitrogens with zero attached hydrogens (tertiary/aromatic N) is 1. The Kier molecular flexibility index (Phi) is 6.91. The number of carboxylic acids is 1. The van der Waals surface area contributed by atoms with Crippen LogP contribution in [-0.2, 0) is 4.79 Å². The molecule has 0 aliphatic carbocycles. The molecule has 2 aromatic carbocycles. The number of halogens is 1. The first-order valence-electron chi connectivity index (χ1n) is 8.08. The third-order valence-electron chi connectivity index (χ3n) is 3.66. The summed E-state index contributed by atoms with van der Waals surface area (Å²) in [6, 6.07) is 8.11. The van der Waals surface area contributed by atoms with E-state index in [0.29, 0.717) is 5.75 Å². The van der Waals surface area contributed by atoms with E-state index in [0.717, 1.165) is 6.21 Å². The van der Waals surface area contributed by atoms with Crippen LogP contribution in [0.2, 0.25) is 0 Å². The first kappa shape index (κ1) is 20.7. The molecular weight excluding hydrogens is 371 g/mol. The molecule has 0 radical (unpaired) electrons. The largest absolute Gasteiger partial charge is 0.545 e. The molecule has 28 heavy (non-hydrogen) atoms. The van der Waals surface area contributed by atoms with Gasteiger partial charge in [0.1, 0.15) is 11.6 Å². The molecule has 0 unspecified atom stereocenters. The second-order valence-corrected chi connectivity index (χ2v) is 5.50. The van der Waals surface area contributed by atoms with Crippen LogP contribution in [0.4, 0.5) is 4.39 Å². The molecule has 0 saturated heterocycles. The van der Waals surface area contributed by atoms with E-state index in [1.54, 1.807) is 0 Å². The van der Waals surface area contributed by atoms with E-state index < -0.39 is 23.8 Å². The Labute approximate surface area is 160 Å². The van der Waals surface area contributed by atoms with Crippen LogP contribution in [0.25, 0.3) is 0 Å². The summed E-state index contributed by atoms with van der Waals surface area (Å²) >= 11 is 0. The van der Waals surface area contributed by atoms with Crippen LogP contribution in [0.15, 0.2) is 41.5 Å². The van der Waals surface area contributed by atoms with Gasteiger partial charge in [0.05, 0.1) is 32.0 Å². The van der Waals surface area contributed by atoms with E-state index in [1.807, 2.05) is 0 Å². The molecule has 2 aromatic rings. The Hall–Kier alpha value is -3.62. The van der Waals surface area contributed by atoms with Crippen LogP contribution < -0.4 is 24.7 Å². The average molecular weight is 389 g/mol. The molecule has 0 fully saturated rings. The molecule has 0 heterocycles. The van der Waals surface area contributed by atoms with Crippen LogP contribution in [0.1, 0.15) is 22.8 Å². The van der Waals surface area contributed by atoms with E-state index in [4.69, 9.17) is 14.2 Å². The van der Waals surface area contributed by atoms with Crippen molar-refractivity contribution in [2.24, 2.45) is 5.10 Å². The fourth-order valence-electron chi connectivity index (χ4n) is 2.29. The molecule has 0 aliphatic rings. The molecule has 2 rings (SSSR count). The number of hydrazone groups is 1. The highest BCUT2D eigenvalue weighted by molar-refractivity contribution is 6.01. The molecule has 0 aromatic heterocycles. The zero-order chi connectivity index (χ0) is 20.7. The van der Waals surface area contributed by atoms with Crippen molar-refractivity contribution in [2.75, 3.05) is 14.2 Å². The molecule has 1 amide bonds. The third-order valence-corrected chi connectivity index (χ3v) is 3.66. The second-order valence-electron chi connectivity index (χ2n) is 5.50. The van der Waals surface area contributed by atoms with Gasteiger partial charge in [-0.15, -0.1) is 0 Å². The molecule has 1 atom stereocenters. The Morgan fingerprint density at radius 2 is 1.82 bits per heavy atom. The smallest absolute Gasteiger partial charge is 0.280 e. The van der Waals surface area contributed by atoms with Crippen LogP contribution in [0, 0.1) is 5.82 Å². The summed E-state index contributed by atoms with van der Waals surface area (Å²) in [6.07, 6.45) is 0.212. The van der Waals surface area contributed by atoms with Crippen molar-refractivity contribution in [3.05, 3.63) is 53.3 Å². The lowest BCUT2D eigenvalue weighted by molar-refractivity contribution is -0.255. The lowest BCUT2D eigenvalue weighted by atomic mass is 10.1. The molecule has 9 heteroatoms. The van der Waals surface area contributed by atoms with E-state index in [9.17, 15) is 19.1 Å². The number of carbonyl (C=O) groups excluding carboxylic acids is 2. The average Bonchev–Trinajstić information content (AvgIpc) is 2.68. The summed E-state index contributed by atoms with van der Waals surface area (Å²) in [6.45, 7) is 1.48. The summed E-state index contributed by atoms with van der Waals surface area (Å²) < 4.78 is 28.4. The SMILES string of the molecule is COc1ccc(/C=N\NC(=O)[C@H](C)Oc2ccc(F)cc2)c(C(=O)[O-])c1OC. The van der Waals surface area contributed by atoms with Crippen molar-refractivity contribution in [3.8, 4) is 17.2 Å². The molecule has 0 saturated carbocycles. The van der Waals surface area contributed by atoms with Crippen LogP contribution in [0.5, 0.6) is 17.2 Å². The maximum Gasteiger partial charge on any atom is 0.280 e. The predicted octanol–water partition coefficient (Wildman–Crippen LogP) is 1.12. The lowest BCUT2D eigenvalue weighted by Gasteiger charge is -2.16.